The predicted molar refractivity (Wildman–Crippen MR) is 149 cm³/mol. The van der Waals surface area contributed by atoms with Crippen LogP contribution in [-0.2, 0) is 28.3 Å². The molecule has 7 heteroatoms. The maximum Gasteiger partial charge on any atom is 0.243 e. The molecular formula is C29H32BrFN2O2S. The molecule has 3 aromatic rings. The molecule has 3 aromatic carbocycles. The Morgan fingerprint density at radius 3 is 2.22 bits per heavy atom. The topological polar surface area (TPSA) is 49.4 Å². The molecule has 0 saturated heterocycles. The first-order valence-corrected chi connectivity index (χ1v) is 14.0. The summed E-state index contributed by atoms with van der Waals surface area (Å²) in [4.78, 5) is 28.7. The monoisotopic (exact) mass is 570 g/mol. The average molecular weight is 572 g/mol. The van der Waals surface area contributed by atoms with Crippen molar-refractivity contribution in [1.29, 1.82) is 0 Å². The van der Waals surface area contributed by atoms with Crippen molar-refractivity contribution in [3.8, 4) is 0 Å². The molecular weight excluding hydrogens is 539 g/mol. The van der Waals surface area contributed by atoms with Crippen LogP contribution >= 0.6 is 27.7 Å². The molecule has 0 aromatic heterocycles. The molecule has 2 amide bonds. The van der Waals surface area contributed by atoms with Crippen molar-refractivity contribution in [2.24, 2.45) is 0 Å². The van der Waals surface area contributed by atoms with Crippen LogP contribution in [0, 0.1) is 5.82 Å². The molecule has 0 aliphatic rings. The van der Waals surface area contributed by atoms with Gasteiger partial charge in [0.15, 0.2) is 0 Å². The van der Waals surface area contributed by atoms with E-state index in [4.69, 9.17) is 0 Å². The summed E-state index contributed by atoms with van der Waals surface area (Å²) in [5, 5.41) is 3.06. The molecule has 190 valence electrons. The van der Waals surface area contributed by atoms with E-state index in [1.807, 2.05) is 68.4 Å². The number of thioether (sulfide) groups is 1. The predicted octanol–water partition coefficient (Wildman–Crippen LogP) is 6.38. The van der Waals surface area contributed by atoms with Crippen molar-refractivity contribution in [2.45, 2.75) is 51.1 Å². The zero-order valence-electron chi connectivity index (χ0n) is 20.6. The fourth-order valence-corrected chi connectivity index (χ4v) is 4.84. The van der Waals surface area contributed by atoms with Gasteiger partial charge < -0.3 is 10.2 Å². The lowest BCUT2D eigenvalue weighted by Crippen LogP contribution is -2.52. The van der Waals surface area contributed by atoms with E-state index in [1.165, 1.54) is 23.9 Å². The number of carbonyl (C=O) groups excluding carboxylic acids is 2. The summed E-state index contributed by atoms with van der Waals surface area (Å²) in [6.07, 6.45) is 1.19. The van der Waals surface area contributed by atoms with E-state index in [-0.39, 0.29) is 36.0 Å². The van der Waals surface area contributed by atoms with Crippen LogP contribution in [0.2, 0.25) is 0 Å². The first-order chi connectivity index (χ1) is 17.4. The molecule has 0 heterocycles. The van der Waals surface area contributed by atoms with Crippen LogP contribution in [0.4, 0.5) is 4.39 Å². The zero-order chi connectivity index (χ0) is 25.9. The summed E-state index contributed by atoms with van der Waals surface area (Å²) in [5.74, 6) is 0.283. The first-order valence-electron chi connectivity index (χ1n) is 12.1. The maximum atomic E-state index is 13.6. The van der Waals surface area contributed by atoms with Crippen LogP contribution in [0.1, 0.15) is 37.0 Å². The molecule has 1 N–H and O–H groups in total. The third kappa shape index (κ3) is 8.79. The Balaban J connectivity index is 1.84. The Bertz CT molecular complexity index is 1110. The van der Waals surface area contributed by atoms with E-state index in [2.05, 4.69) is 21.2 Å². The number of nitrogens with zero attached hydrogens (tertiary/aromatic N) is 1. The van der Waals surface area contributed by atoms with E-state index in [1.54, 1.807) is 17.0 Å². The maximum absolute atomic E-state index is 13.6. The Hall–Kier alpha value is -2.64. The summed E-state index contributed by atoms with van der Waals surface area (Å²) < 4.78 is 14.5. The molecule has 0 spiro atoms. The third-order valence-corrected chi connectivity index (χ3v) is 7.46. The standard InChI is InChI=1S/C29H32BrFN2O2S/c1-3-21(2)32-29(35)27(17-22-7-5-4-6-8-22)33(18-23-11-15-26(31)16-12-23)28(34)20-36-19-24-9-13-25(30)14-10-24/h4-16,21,27H,3,17-20H2,1-2H3,(H,32,35)/t21-,27-/m0/s1. The van der Waals surface area contributed by atoms with Crippen LogP contribution < -0.4 is 5.32 Å². The van der Waals surface area contributed by atoms with Crippen LogP contribution in [0.3, 0.4) is 0 Å². The molecule has 3 rings (SSSR count). The molecule has 0 bridgehead atoms. The van der Waals surface area contributed by atoms with Crippen LogP contribution in [0.25, 0.3) is 0 Å². The highest BCUT2D eigenvalue weighted by Gasteiger charge is 2.30. The van der Waals surface area contributed by atoms with E-state index in [0.29, 0.717) is 12.2 Å². The highest BCUT2D eigenvalue weighted by molar-refractivity contribution is 9.10. The van der Waals surface area contributed by atoms with Crippen molar-refractivity contribution in [3.05, 3.63) is 106 Å². The third-order valence-electron chi connectivity index (χ3n) is 5.95. The van der Waals surface area contributed by atoms with Gasteiger partial charge in [-0.25, -0.2) is 4.39 Å². The van der Waals surface area contributed by atoms with Crippen molar-refractivity contribution >= 4 is 39.5 Å². The van der Waals surface area contributed by atoms with E-state index < -0.39 is 6.04 Å². The molecule has 2 atom stereocenters. The van der Waals surface area contributed by atoms with Gasteiger partial charge in [0.05, 0.1) is 5.75 Å². The average Bonchev–Trinajstić information content (AvgIpc) is 2.88. The molecule has 0 aliphatic carbocycles. The van der Waals surface area contributed by atoms with Gasteiger partial charge in [0.2, 0.25) is 11.8 Å². The summed E-state index contributed by atoms with van der Waals surface area (Å²) in [6, 6.07) is 23.1. The van der Waals surface area contributed by atoms with Crippen LogP contribution in [0.15, 0.2) is 83.3 Å². The molecule has 0 aliphatic heterocycles. The number of nitrogens with one attached hydrogen (secondary N) is 1. The summed E-state index contributed by atoms with van der Waals surface area (Å²) in [6.45, 7) is 4.19. The number of hydrogen-bond donors (Lipinski definition) is 1. The van der Waals surface area contributed by atoms with Crippen LogP contribution in [0.5, 0.6) is 0 Å². The number of amides is 2. The van der Waals surface area contributed by atoms with Gasteiger partial charge in [-0.2, -0.15) is 0 Å². The molecule has 0 saturated carbocycles. The van der Waals surface area contributed by atoms with Gasteiger partial charge in [0.1, 0.15) is 11.9 Å². The molecule has 4 nitrogen and oxygen atoms in total. The minimum atomic E-state index is -0.688. The van der Waals surface area contributed by atoms with Crippen molar-refractivity contribution in [1.82, 2.24) is 10.2 Å². The van der Waals surface area contributed by atoms with E-state index >= 15 is 0 Å². The molecule has 36 heavy (non-hydrogen) atoms. The van der Waals surface area contributed by atoms with Crippen molar-refractivity contribution < 1.29 is 14.0 Å². The lowest BCUT2D eigenvalue weighted by molar-refractivity contribution is -0.139. The molecule has 0 radical (unpaired) electrons. The number of hydrogen-bond acceptors (Lipinski definition) is 3. The van der Waals surface area contributed by atoms with Crippen molar-refractivity contribution in [3.63, 3.8) is 0 Å². The van der Waals surface area contributed by atoms with Gasteiger partial charge in [0.25, 0.3) is 0 Å². The first kappa shape index (κ1) is 27.9. The zero-order valence-corrected chi connectivity index (χ0v) is 23.0. The van der Waals surface area contributed by atoms with Gasteiger partial charge in [-0.15, -0.1) is 11.8 Å². The van der Waals surface area contributed by atoms with Crippen LogP contribution in [-0.4, -0.2) is 34.6 Å². The van der Waals surface area contributed by atoms with Gasteiger partial charge in [-0.1, -0.05) is 77.5 Å². The Kier molecular flexibility index (Phi) is 11.0. The van der Waals surface area contributed by atoms with E-state index in [9.17, 15) is 14.0 Å². The quantitative estimate of drug-likeness (QED) is 0.275. The fraction of sp³-hybridized carbons (Fsp3) is 0.310. The largest absolute Gasteiger partial charge is 0.352 e. The van der Waals surface area contributed by atoms with Gasteiger partial charge >= 0.3 is 0 Å². The second kappa shape index (κ2) is 14.2. The Labute approximate surface area is 225 Å². The highest BCUT2D eigenvalue weighted by Crippen LogP contribution is 2.20. The van der Waals surface area contributed by atoms with Gasteiger partial charge in [-0.05, 0) is 54.3 Å². The second-order valence-corrected chi connectivity index (χ2v) is 10.7. The number of benzene rings is 3. The number of carbonyl (C=O) groups is 2. The number of rotatable bonds is 12. The van der Waals surface area contributed by atoms with E-state index in [0.717, 1.165) is 27.6 Å². The smallest absolute Gasteiger partial charge is 0.243 e. The summed E-state index contributed by atoms with van der Waals surface area (Å²) in [7, 11) is 0. The SMILES string of the molecule is CC[C@H](C)NC(=O)[C@H](Cc1ccccc1)N(Cc1ccc(F)cc1)C(=O)CSCc1ccc(Br)cc1. The van der Waals surface area contributed by atoms with Gasteiger partial charge in [-0.3, -0.25) is 9.59 Å². The minimum absolute atomic E-state index is 0.00896. The molecule has 0 unspecified atom stereocenters. The van der Waals surface area contributed by atoms with Gasteiger partial charge in [0, 0.05) is 29.2 Å². The Morgan fingerprint density at radius 1 is 0.944 bits per heavy atom. The number of halogens is 2. The lowest BCUT2D eigenvalue weighted by Gasteiger charge is -2.32. The minimum Gasteiger partial charge on any atom is -0.352 e. The second-order valence-electron chi connectivity index (χ2n) is 8.79. The summed E-state index contributed by atoms with van der Waals surface area (Å²) in [5.41, 5.74) is 2.87. The normalized spacial score (nSPS) is 12.6. The molecule has 0 fully saturated rings. The lowest BCUT2D eigenvalue weighted by atomic mass is 10.0. The fourth-order valence-electron chi connectivity index (χ4n) is 3.70. The summed E-state index contributed by atoms with van der Waals surface area (Å²) >= 11 is 4.96. The van der Waals surface area contributed by atoms with Crippen molar-refractivity contribution in [2.75, 3.05) is 5.75 Å². The Morgan fingerprint density at radius 2 is 1.58 bits per heavy atom. The highest BCUT2D eigenvalue weighted by atomic mass is 79.9.